The second-order valence-corrected chi connectivity index (χ2v) is 15.2. The van der Waals surface area contributed by atoms with Crippen molar-refractivity contribution in [1.82, 2.24) is 9.13 Å². The van der Waals surface area contributed by atoms with Crippen molar-refractivity contribution in [1.29, 1.82) is 0 Å². The molecule has 0 aliphatic heterocycles. The van der Waals surface area contributed by atoms with E-state index in [-0.39, 0.29) is 0 Å². The number of hydrogen-bond acceptors (Lipinski definition) is 2. The molecule has 4 aromatic heterocycles. The van der Waals surface area contributed by atoms with Crippen molar-refractivity contribution in [2.45, 2.75) is 0 Å². The number of para-hydroxylation sites is 4. The van der Waals surface area contributed by atoms with Gasteiger partial charge in [0.25, 0.3) is 0 Å². The van der Waals surface area contributed by atoms with Gasteiger partial charge in [0, 0.05) is 54.5 Å². The third-order valence-electron chi connectivity index (χ3n) is 12.2. The quantitative estimate of drug-likeness (QED) is 0.180. The highest BCUT2D eigenvalue weighted by molar-refractivity contribution is 6.22. The van der Waals surface area contributed by atoms with Gasteiger partial charge in [-0.3, -0.25) is 0 Å². The molecule has 58 heavy (non-hydrogen) atoms. The number of nitrogens with zero attached hydrogens (tertiary/aromatic N) is 2. The lowest BCUT2D eigenvalue weighted by atomic mass is 10.00. The molecule has 4 nitrogen and oxygen atoms in total. The minimum Gasteiger partial charge on any atom is -0.454 e. The Balaban J connectivity index is 0.856. The summed E-state index contributed by atoms with van der Waals surface area (Å²) in [5.41, 5.74) is 15.1. The normalized spacial score (nSPS) is 12.1. The first-order valence-electron chi connectivity index (χ1n) is 19.8. The topological polar surface area (TPSA) is 36.1 Å². The zero-order chi connectivity index (χ0) is 37.9. The molecule has 0 spiro atoms. The molecule has 0 saturated heterocycles. The molecule has 0 aliphatic rings. The summed E-state index contributed by atoms with van der Waals surface area (Å²) < 4.78 is 17.8. The molecule has 0 bridgehead atoms. The first-order valence-corrected chi connectivity index (χ1v) is 19.8. The average molecular weight is 741 g/mol. The lowest BCUT2D eigenvalue weighted by Crippen LogP contribution is -1.94. The monoisotopic (exact) mass is 740 g/mol. The van der Waals surface area contributed by atoms with Crippen LogP contribution in [-0.4, -0.2) is 9.13 Å². The second kappa shape index (κ2) is 11.8. The van der Waals surface area contributed by atoms with Gasteiger partial charge in [-0.05, 0) is 82.9 Å². The molecule has 0 atom stereocenters. The maximum absolute atomic E-state index is 6.56. The molecule has 4 heterocycles. The molecule has 0 amide bonds. The highest BCUT2D eigenvalue weighted by Gasteiger charge is 2.20. The van der Waals surface area contributed by atoms with Crippen LogP contribution in [0.4, 0.5) is 0 Å². The van der Waals surface area contributed by atoms with E-state index in [0.29, 0.717) is 0 Å². The molecule has 0 N–H and O–H groups in total. The van der Waals surface area contributed by atoms with Gasteiger partial charge in [0.1, 0.15) is 11.2 Å². The summed E-state index contributed by atoms with van der Waals surface area (Å²) in [5.74, 6) is 0. The summed E-state index contributed by atoms with van der Waals surface area (Å²) in [4.78, 5) is 0. The molecule has 9 aromatic carbocycles. The van der Waals surface area contributed by atoms with Crippen molar-refractivity contribution in [3.8, 4) is 33.6 Å². The van der Waals surface area contributed by atoms with Crippen LogP contribution in [0.25, 0.3) is 121 Å². The van der Waals surface area contributed by atoms with Crippen LogP contribution in [-0.2, 0) is 0 Å². The molecule has 4 heteroatoms. The fourth-order valence-electron chi connectivity index (χ4n) is 9.46. The number of aromatic nitrogens is 2. The highest BCUT2D eigenvalue weighted by Crippen LogP contribution is 2.42. The van der Waals surface area contributed by atoms with Crippen LogP contribution in [0.5, 0.6) is 0 Å². The number of rotatable bonds is 4. The van der Waals surface area contributed by atoms with Gasteiger partial charge in [0.15, 0.2) is 11.2 Å². The lowest BCUT2D eigenvalue weighted by molar-refractivity contribution is 0.670. The Hall–Kier alpha value is -7.82. The molecule has 0 fully saturated rings. The highest BCUT2D eigenvalue weighted by atomic mass is 16.3. The predicted molar refractivity (Wildman–Crippen MR) is 241 cm³/mol. The van der Waals surface area contributed by atoms with Gasteiger partial charge >= 0.3 is 0 Å². The van der Waals surface area contributed by atoms with Crippen molar-refractivity contribution in [3.63, 3.8) is 0 Å². The zero-order valence-corrected chi connectivity index (χ0v) is 31.2. The number of benzene rings is 9. The molecule has 270 valence electrons. The van der Waals surface area contributed by atoms with Crippen molar-refractivity contribution in [2.24, 2.45) is 0 Å². The first kappa shape index (κ1) is 31.4. The Morgan fingerprint density at radius 2 is 0.586 bits per heavy atom. The summed E-state index contributed by atoms with van der Waals surface area (Å²) >= 11 is 0. The third kappa shape index (κ3) is 4.40. The summed E-state index contributed by atoms with van der Waals surface area (Å²) in [5, 5.41) is 9.35. The SMILES string of the molecule is c1ccc2c(c1)oc1c2ccc2c3ccccc3n(-c3ccc(-c4ccc(-c5ccc(-n6c7ccccc7c7ccc8c9ccccc9oc8c76)cc5)cc4)cc3)c21. The van der Waals surface area contributed by atoms with Gasteiger partial charge in [-0.1, -0.05) is 133 Å². The number of furan rings is 2. The van der Waals surface area contributed by atoms with E-state index in [1.807, 2.05) is 12.1 Å². The molecule has 13 aromatic rings. The minimum absolute atomic E-state index is 0.907. The summed E-state index contributed by atoms with van der Waals surface area (Å²) in [6, 6.07) is 69.4. The smallest absolute Gasteiger partial charge is 0.160 e. The van der Waals surface area contributed by atoms with E-state index in [2.05, 4.69) is 191 Å². The van der Waals surface area contributed by atoms with Crippen molar-refractivity contribution in [3.05, 3.63) is 194 Å². The molecule has 0 aliphatic carbocycles. The molecular weight excluding hydrogens is 709 g/mol. The fourth-order valence-corrected chi connectivity index (χ4v) is 9.46. The molecule has 0 unspecified atom stereocenters. The van der Waals surface area contributed by atoms with Crippen LogP contribution in [0.2, 0.25) is 0 Å². The van der Waals surface area contributed by atoms with Crippen LogP contribution >= 0.6 is 0 Å². The van der Waals surface area contributed by atoms with E-state index in [1.54, 1.807) is 0 Å². The van der Waals surface area contributed by atoms with Crippen LogP contribution in [0.15, 0.2) is 203 Å². The number of hydrogen-bond donors (Lipinski definition) is 0. The Bertz CT molecular complexity index is 3510. The van der Waals surface area contributed by atoms with Crippen LogP contribution in [0, 0.1) is 0 Å². The van der Waals surface area contributed by atoms with Crippen molar-refractivity contribution >= 4 is 87.5 Å². The predicted octanol–water partition coefficient (Wildman–Crippen LogP) is 15.0. The van der Waals surface area contributed by atoms with Crippen molar-refractivity contribution < 1.29 is 8.83 Å². The fraction of sp³-hybridized carbons (Fsp3) is 0. The second-order valence-electron chi connectivity index (χ2n) is 15.2. The zero-order valence-electron chi connectivity index (χ0n) is 31.2. The number of fused-ring (bicyclic) bond motifs is 14. The van der Waals surface area contributed by atoms with E-state index < -0.39 is 0 Å². The first-order chi connectivity index (χ1) is 28.8. The van der Waals surface area contributed by atoms with E-state index in [4.69, 9.17) is 8.83 Å². The Morgan fingerprint density at radius 1 is 0.259 bits per heavy atom. The van der Waals surface area contributed by atoms with E-state index in [1.165, 1.54) is 43.8 Å². The maximum atomic E-state index is 6.56. The van der Waals surface area contributed by atoms with Gasteiger partial charge in [0.2, 0.25) is 0 Å². The largest absolute Gasteiger partial charge is 0.454 e. The van der Waals surface area contributed by atoms with Gasteiger partial charge in [-0.15, -0.1) is 0 Å². The van der Waals surface area contributed by atoms with Gasteiger partial charge in [-0.25, -0.2) is 0 Å². The molecule has 13 rings (SSSR count). The van der Waals surface area contributed by atoms with Crippen LogP contribution in [0.3, 0.4) is 0 Å². The Labute approximate surface area is 332 Å². The molecule has 0 radical (unpaired) electrons. The molecule has 0 saturated carbocycles. The van der Waals surface area contributed by atoms with Crippen LogP contribution < -0.4 is 0 Å². The maximum Gasteiger partial charge on any atom is 0.160 e. The average Bonchev–Trinajstić information content (AvgIpc) is 4.04. The van der Waals surface area contributed by atoms with E-state index in [9.17, 15) is 0 Å². The van der Waals surface area contributed by atoms with Crippen LogP contribution in [0.1, 0.15) is 0 Å². The summed E-state index contributed by atoms with van der Waals surface area (Å²) in [7, 11) is 0. The summed E-state index contributed by atoms with van der Waals surface area (Å²) in [6.07, 6.45) is 0. The summed E-state index contributed by atoms with van der Waals surface area (Å²) in [6.45, 7) is 0. The van der Waals surface area contributed by atoms with Gasteiger partial charge < -0.3 is 18.0 Å². The van der Waals surface area contributed by atoms with E-state index >= 15 is 0 Å². The minimum atomic E-state index is 0.907. The third-order valence-corrected chi connectivity index (χ3v) is 12.2. The van der Waals surface area contributed by atoms with Crippen molar-refractivity contribution in [2.75, 3.05) is 0 Å². The van der Waals surface area contributed by atoms with Gasteiger partial charge in [0.05, 0.1) is 22.1 Å². The Kier molecular flexibility index (Phi) is 6.41. The Morgan fingerprint density at radius 3 is 1.00 bits per heavy atom. The standard InChI is InChI=1S/C54H32N2O2/c1-5-13-47-39(9-1)43-29-31-45-41-11-3-7-15-49(41)57-53(45)51(43)55(47)37-25-21-35(22-26-37)33-17-19-34(20-18-33)36-23-27-38(28-24-36)56-48-14-6-2-10-40(48)44-30-32-46-42-12-4-8-16-50(42)58-54(46)52(44)56/h1-32H. The van der Waals surface area contributed by atoms with Gasteiger partial charge in [-0.2, -0.15) is 0 Å². The van der Waals surface area contributed by atoms with E-state index in [0.717, 1.165) is 77.3 Å². The lowest BCUT2D eigenvalue weighted by Gasteiger charge is -2.11. The molecular formula is C54H32N2O2.